The molecule has 5 heteroatoms. The van der Waals surface area contributed by atoms with Crippen LogP contribution in [0.15, 0.2) is 24.3 Å². The molecule has 5 nitrogen and oxygen atoms in total. The van der Waals surface area contributed by atoms with E-state index in [4.69, 9.17) is 9.47 Å². The number of ether oxygens (including phenoxy) is 2. The quantitative estimate of drug-likeness (QED) is 0.548. The minimum absolute atomic E-state index is 0.00249. The van der Waals surface area contributed by atoms with E-state index in [0.717, 1.165) is 39.1 Å². The second-order valence-corrected chi connectivity index (χ2v) is 11.2. The lowest BCUT2D eigenvalue weighted by molar-refractivity contribution is -0.146. The molecule has 2 aliphatic carbocycles. The highest BCUT2D eigenvalue weighted by Crippen LogP contribution is 2.70. The number of aryl methyl sites for hydroxylation is 1. The summed E-state index contributed by atoms with van der Waals surface area (Å²) in [6, 6.07) is 8.76. The third-order valence-electron chi connectivity index (χ3n) is 9.39. The molecule has 1 aromatic carbocycles. The van der Waals surface area contributed by atoms with Crippen LogP contribution in [0.25, 0.3) is 0 Å². The Balaban J connectivity index is 1.14. The van der Waals surface area contributed by atoms with Crippen LogP contribution in [-0.4, -0.2) is 61.4 Å². The van der Waals surface area contributed by atoms with Crippen LogP contribution in [0.1, 0.15) is 45.1 Å². The number of rotatable bonds is 3. The fourth-order valence-corrected chi connectivity index (χ4v) is 7.73. The van der Waals surface area contributed by atoms with Crippen LogP contribution in [0.3, 0.4) is 0 Å². The van der Waals surface area contributed by atoms with Gasteiger partial charge in [0.05, 0.1) is 12.0 Å². The van der Waals surface area contributed by atoms with Gasteiger partial charge in [0.25, 0.3) is 0 Å². The molecule has 2 saturated carbocycles. The second kappa shape index (κ2) is 6.95. The number of fused-ring (bicyclic) bond motifs is 2. The van der Waals surface area contributed by atoms with E-state index in [9.17, 15) is 4.79 Å². The van der Waals surface area contributed by atoms with Crippen molar-refractivity contribution in [3.05, 3.63) is 29.8 Å². The molecule has 3 heterocycles. The summed E-state index contributed by atoms with van der Waals surface area (Å²) < 4.78 is 12.6. The zero-order valence-corrected chi connectivity index (χ0v) is 19.2. The molecule has 0 bridgehead atoms. The molecule has 3 saturated heterocycles. The normalized spacial score (nSPS) is 44.3. The molecule has 5 aliphatic rings. The predicted octanol–water partition coefficient (Wildman–Crippen LogP) is 3.64. The maximum atomic E-state index is 13.0. The van der Waals surface area contributed by atoms with E-state index in [-0.39, 0.29) is 41.0 Å². The number of benzene rings is 1. The van der Waals surface area contributed by atoms with Gasteiger partial charge in [-0.2, -0.15) is 0 Å². The number of esters is 1. The largest absolute Gasteiger partial charge is 0.462 e. The van der Waals surface area contributed by atoms with Gasteiger partial charge in [0, 0.05) is 49.7 Å². The lowest BCUT2D eigenvalue weighted by Gasteiger charge is -2.49. The van der Waals surface area contributed by atoms with Gasteiger partial charge < -0.3 is 14.4 Å². The van der Waals surface area contributed by atoms with Gasteiger partial charge in [0.15, 0.2) is 0 Å². The van der Waals surface area contributed by atoms with Crippen molar-refractivity contribution in [2.75, 3.05) is 37.6 Å². The third-order valence-corrected chi connectivity index (χ3v) is 9.39. The van der Waals surface area contributed by atoms with Gasteiger partial charge >= 0.3 is 5.97 Å². The summed E-state index contributed by atoms with van der Waals surface area (Å²) in [5.41, 5.74) is 2.79. The first kappa shape index (κ1) is 20.0. The van der Waals surface area contributed by atoms with Crippen LogP contribution in [0.5, 0.6) is 0 Å². The molecule has 0 aromatic heterocycles. The van der Waals surface area contributed by atoms with Crippen molar-refractivity contribution >= 4 is 11.7 Å². The SMILES string of the molecule is Cc1cccc(N2CCN(CC3C(=O)OC4CC5(C)CCCC(C)C56OC6C43)CC2)c1. The van der Waals surface area contributed by atoms with Crippen molar-refractivity contribution in [3.8, 4) is 0 Å². The standard InChI is InChI=1S/C26H36N2O3/c1-17-6-4-8-19(14-17)28-12-10-27(11-13-28)16-20-22-21(30-24(20)29)15-25(3)9-5-7-18(2)26(25)23(22)31-26/h4,6,8,14,18,20-23H,5,7,9-13,15-16H2,1-3H3. The van der Waals surface area contributed by atoms with Crippen molar-refractivity contribution < 1.29 is 14.3 Å². The Morgan fingerprint density at radius 1 is 1.19 bits per heavy atom. The van der Waals surface area contributed by atoms with Crippen LogP contribution in [0.2, 0.25) is 0 Å². The fraction of sp³-hybridized carbons (Fsp3) is 0.731. The third kappa shape index (κ3) is 2.92. The second-order valence-electron chi connectivity index (χ2n) is 11.2. The minimum Gasteiger partial charge on any atom is -0.462 e. The molecular weight excluding hydrogens is 388 g/mol. The first-order valence-electron chi connectivity index (χ1n) is 12.3. The Labute approximate surface area is 186 Å². The van der Waals surface area contributed by atoms with Gasteiger partial charge in [-0.3, -0.25) is 9.69 Å². The van der Waals surface area contributed by atoms with Gasteiger partial charge in [-0.05, 0) is 49.8 Å². The van der Waals surface area contributed by atoms with E-state index in [0.29, 0.717) is 5.92 Å². The topological polar surface area (TPSA) is 45.3 Å². The molecule has 5 fully saturated rings. The van der Waals surface area contributed by atoms with Crippen LogP contribution in [-0.2, 0) is 14.3 Å². The fourth-order valence-electron chi connectivity index (χ4n) is 7.73. The molecule has 1 aromatic rings. The Morgan fingerprint density at radius 2 is 2.00 bits per heavy atom. The van der Waals surface area contributed by atoms with E-state index >= 15 is 0 Å². The molecule has 31 heavy (non-hydrogen) atoms. The molecule has 0 N–H and O–H groups in total. The van der Waals surface area contributed by atoms with Gasteiger partial charge in [0.2, 0.25) is 0 Å². The summed E-state index contributed by atoms with van der Waals surface area (Å²) >= 11 is 0. The first-order valence-corrected chi connectivity index (χ1v) is 12.3. The zero-order valence-electron chi connectivity index (χ0n) is 19.2. The molecule has 6 rings (SSSR count). The average Bonchev–Trinajstić information content (AvgIpc) is 3.43. The maximum Gasteiger partial charge on any atom is 0.311 e. The van der Waals surface area contributed by atoms with E-state index in [2.05, 4.69) is 54.8 Å². The van der Waals surface area contributed by atoms with E-state index < -0.39 is 0 Å². The monoisotopic (exact) mass is 424 g/mol. The number of hydrogen-bond donors (Lipinski definition) is 0. The van der Waals surface area contributed by atoms with Gasteiger partial charge in [-0.15, -0.1) is 0 Å². The molecule has 0 radical (unpaired) electrons. The highest BCUT2D eigenvalue weighted by molar-refractivity contribution is 5.76. The molecule has 0 amide bonds. The van der Waals surface area contributed by atoms with E-state index in [1.54, 1.807) is 0 Å². The number of nitrogens with zero attached hydrogens (tertiary/aromatic N) is 2. The number of epoxide rings is 1. The number of hydrogen-bond acceptors (Lipinski definition) is 5. The summed E-state index contributed by atoms with van der Waals surface area (Å²) in [6.45, 7) is 11.8. The molecule has 3 aliphatic heterocycles. The van der Waals surface area contributed by atoms with Gasteiger partial charge in [-0.25, -0.2) is 0 Å². The summed E-state index contributed by atoms with van der Waals surface area (Å²) in [5.74, 6) is 0.831. The highest BCUT2D eigenvalue weighted by Gasteiger charge is 2.78. The van der Waals surface area contributed by atoms with Gasteiger partial charge in [-0.1, -0.05) is 32.4 Å². The van der Waals surface area contributed by atoms with Crippen molar-refractivity contribution in [2.24, 2.45) is 23.2 Å². The maximum absolute atomic E-state index is 13.0. The first-order chi connectivity index (χ1) is 14.9. The molecule has 7 unspecified atom stereocenters. The summed E-state index contributed by atoms with van der Waals surface area (Å²) in [6.07, 6.45) is 5.00. The predicted molar refractivity (Wildman–Crippen MR) is 120 cm³/mol. The Hall–Kier alpha value is -1.59. The summed E-state index contributed by atoms with van der Waals surface area (Å²) in [4.78, 5) is 17.9. The van der Waals surface area contributed by atoms with Crippen LogP contribution < -0.4 is 4.90 Å². The smallest absolute Gasteiger partial charge is 0.311 e. The van der Waals surface area contributed by atoms with Gasteiger partial charge in [0.1, 0.15) is 11.7 Å². The van der Waals surface area contributed by atoms with Crippen LogP contribution in [0.4, 0.5) is 5.69 Å². The lowest BCUT2D eigenvalue weighted by atomic mass is 9.53. The van der Waals surface area contributed by atoms with E-state index in [1.807, 2.05) is 0 Å². The molecule has 168 valence electrons. The zero-order chi connectivity index (χ0) is 21.4. The Morgan fingerprint density at radius 3 is 2.77 bits per heavy atom. The number of piperazine rings is 1. The summed E-state index contributed by atoms with van der Waals surface area (Å²) in [5, 5.41) is 0. The molecule has 1 spiro atoms. The number of anilines is 1. The average molecular weight is 425 g/mol. The van der Waals surface area contributed by atoms with Crippen LogP contribution >= 0.6 is 0 Å². The number of carbonyl (C=O) groups excluding carboxylic acids is 1. The van der Waals surface area contributed by atoms with Crippen LogP contribution in [0, 0.1) is 30.1 Å². The Kier molecular flexibility index (Phi) is 4.50. The number of carbonyl (C=O) groups is 1. The highest BCUT2D eigenvalue weighted by atomic mass is 16.6. The van der Waals surface area contributed by atoms with Crippen molar-refractivity contribution in [3.63, 3.8) is 0 Å². The molecule has 7 atom stereocenters. The van der Waals surface area contributed by atoms with Crippen molar-refractivity contribution in [1.82, 2.24) is 4.90 Å². The summed E-state index contributed by atoms with van der Waals surface area (Å²) in [7, 11) is 0. The Bertz CT molecular complexity index is 881. The van der Waals surface area contributed by atoms with E-state index in [1.165, 1.54) is 30.5 Å². The lowest BCUT2D eigenvalue weighted by Crippen LogP contribution is -2.55. The minimum atomic E-state index is -0.0291. The van der Waals surface area contributed by atoms with Crippen molar-refractivity contribution in [2.45, 2.75) is 64.3 Å². The van der Waals surface area contributed by atoms with Crippen molar-refractivity contribution in [1.29, 1.82) is 0 Å². The molecular formula is C26H36N2O3.